The second-order valence-corrected chi connectivity index (χ2v) is 6.28. The number of rotatable bonds is 6. The smallest absolute Gasteiger partial charge is 0.0715 e. The molecule has 0 amide bonds. The number of aliphatic hydroxyl groups is 1. The molecule has 0 aromatic carbocycles. The molecule has 108 valence electrons. The Hall–Kier alpha value is -0.0800. The van der Waals surface area contributed by atoms with Crippen LogP contribution in [-0.4, -0.2) is 17.3 Å². The van der Waals surface area contributed by atoms with Gasteiger partial charge in [0.1, 0.15) is 0 Å². The van der Waals surface area contributed by atoms with Crippen LogP contribution in [0.4, 0.5) is 0 Å². The Balaban J connectivity index is 2.90. The molecule has 0 aliphatic heterocycles. The van der Waals surface area contributed by atoms with Crippen molar-refractivity contribution in [3.63, 3.8) is 0 Å². The highest BCUT2D eigenvalue weighted by Gasteiger charge is 2.47. The molecule has 3 N–H and O–H groups in total. The second-order valence-electron chi connectivity index (χ2n) is 6.28. The summed E-state index contributed by atoms with van der Waals surface area (Å²) in [6.07, 6.45) is 12.7. The van der Waals surface area contributed by atoms with E-state index in [1.807, 2.05) is 0 Å². The monoisotopic (exact) mass is 255 g/mol. The zero-order chi connectivity index (χ0) is 13.5. The zero-order valence-electron chi connectivity index (χ0n) is 12.5. The molecular weight excluding hydrogens is 222 g/mol. The molecule has 1 saturated carbocycles. The normalized spacial score (nSPS) is 21.3. The maximum atomic E-state index is 11.2. The SMILES string of the molecule is CCCC(O)(CCC)C1(CN)CCCCCCC1. The molecule has 18 heavy (non-hydrogen) atoms. The fourth-order valence-electron chi connectivity index (χ4n) is 3.92. The quantitative estimate of drug-likeness (QED) is 0.753. The summed E-state index contributed by atoms with van der Waals surface area (Å²) in [5.74, 6) is 0. The molecule has 0 spiro atoms. The van der Waals surface area contributed by atoms with E-state index in [0.717, 1.165) is 38.5 Å². The van der Waals surface area contributed by atoms with Gasteiger partial charge in [-0.15, -0.1) is 0 Å². The van der Waals surface area contributed by atoms with Crippen LogP contribution in [0.2, 0.25) is 0 Å². The molecule has 2 heteroatoms. The van der Waals surface area contributed by atoms with Crippen molar-refractivity contribution >= 4 is 0 Å². The Bertz CT molecular complexity index is 213. The highest BCUT2D eigenvalue weighted by Crippen LogP contribution is 2.47. The summed E-state index contributed by atoms with van der Waals surface area (Å²) in [4.78, 5) is 0. The maximum absolute atomic E-state index is 11.2. The van der Waals surface area contributed by atoms with Crippen LogP contribution in [0.25, 0.3) is 0 Å². The Kier molecular flexibility index (Phi) is 6.65. The fourth-order valence-corrected chi connectivity index (χ4v) is 3.92. The van der Waals surface area contributed by atoms with Gasteiger partial charge in [0.25, 0.3) is 0 Å². The van der Waals surface area contributed by atoms with Gasteiger partial charge in [-0.2, -0.15) is 0 Å². The van der Waals surface area contributed by atoms with Crippen LogP contribution >= 0.6 is 0 Å². The molecule has 1 aliphatic rings. The highest BCUT2D eigenvalue weighted by atomic mass is 16.3. The molecule has 2 nitrogen and oxygen atoms in total. The Labute approximate surface area is 113 Å². The lowest BCUT2D eigenvalue weighted by Crippen LogP contribution is -2.53. The maximum Gasteiger partial charge on any atom is 0.0715 e. The van der Waals surface area contributed by atoms with Crippen molar-refractivity contribution < 1.29 is 5.11 Å². The molecule has 0 atom stereocenters. The highest BCUT2D eigenvalue weighted by molar-refractivity contribution is 4.99. The fraction of sp³-hybridized carbons (Fsp3) is 1.00. The summed E-state index contributed by atoms with van der Waals surface area (Å²) in [6, 6.07) is 0. The minimum absolute atomic E-state index is 0.0144. The summed E-state index contributed by atoms with van der Waals surface area (Å²) in [5.41, 5.74) is 5.61. The van der Waals surface area contributed by atoms with Crippen molar-refractivity contribution in [1.29, 1.82) is 0 Å². The van der Waals surface area contributed by atoms with Gasteiger partial charge in [0.05, 0.1) is 5.60 Å². The van der Waals surface area contributed by atoms with E-state index in [2.05, 4.69) is 13.8 Å². The molecule has 0 saturated heterocycles. The molecule has 0 radical (unpaired) electrons. The van der Waals surface area contributed by atoms with Crippen LogP contribution < -0.4 is 5.73 Å². The van der Waals surface area contributed by atoms with Crippen molar-refractivity contribution in [2.75, 3.05) is 6.54 Å². The zero-order valence-corrected chi connectivity index (χ0v) is 12.5. The topological polar surface area (TPSA) is 46.2 Å². The molecule has 1 rings (SSSR count). The van der Waals surface area contributed by atoms with Gasteiger partial charge in [0.15, 0.2) is 0 Å². The van der Waals surface area contributed by atoms with Crippen molar-refractivity contribution in [1.82, 2.24) is 0 Å². The molecule has 0 heterocycles. The predicted molar refractivity (Wildman–Crippen MR) is 78.6 cm³/mol. The average Bonchev–Trinajstić information content (AvgIpc) is 2.29. The number of hydrogen-bond donors (Lipinski definition) is 2. The van der Waals surface area contributed by atoms with E-state index in [-0.39, 0.29) is 5.41 Å². The van der Waals surface area contributed by atoms with Gasteiger partial charge in [-0.25, -0.2) is 0 Å². The van der Waals surface area contributed by atoms with E-state index in [4.69, 9.17) is 5.73 Å². The molecule has 0 bridgehead atoms. The Morgan fingerprint density at radius 1 is 0.944 bits per heavy atom. The first-order valence-electron chi connectivity index (χ1n) is 8.06. The van der Waals surface area contributed by atoms with E-state index < -0.39 is 5.60 Å². The van der Waals surface area contributed by atoms with Crippen LogP contribution in [0.3, 0.4) is 0 Å². The van der Waals surface area contributed by atoms with E-state index in [1.54, 1.807) is 0 Å². The minimum atomic E-state index is -0.525. The molecular formula is C16H33NO. The van der Waals surface area contributed by atoms with Crippen LogP contribution in [0.5, 0.6) is 0 Å². The summed E-state index contributed by atoms with van der Waals surface area (Å²) in [7, 11) is 0. The van der Waals surface area contributed by atoms with Crippen molar-refractivity contribution in [3.05, 3.63) is 0 Å². The van der Waals surface area contributed by atoms with Crippen LogP contribution in [0.15, 0.2) is 0 Å². The van der Waals surface area contributed by atoms with Gasteiger partial charge in [-0.05, 0) is 25.7 Å². The van der Waals surface area contributed by atoms with Crippen molar-refractivity contribution in [3.8, 4) is 0 Å². The first-order chi connectivity index (χ1) is 8.64. The molecule has 1 fully saturated rings. The van der Waals surface area contributed by atoms with Gasteiger partial charge in [-0.1, -0.05) is 58.8 Å². The second kappa shape index (κ2) is 7.49. The average molecular weight is 255 g/mol. The molecule has 0 aromatic heterocycles. The molecule has 0 aromatic rings. The van der Waals surface area contributed by atoms with Gasteiger partial charge in [-0.3, -0.25) is 0 Å². The predicted octanol–water partition coefficient (Wildman–Crippen LogP) is 4.01. The van der Waals surface area contributed by atoms with Gasteiger partial charge < -0.3 is 10.8 Å². The Morgan fingerprint density at radius 3 is 1.78 bits per heavy atom. The van der Waals surface area contributed by atoms with Crippen LogP contribution in [0, 0.1) is 5.41 Å². The summed E-state index contributed by atoms with van der Waals surface area (Å²) < 4.78 is 0. The Morgan fingerprint density at radius 2 is 1.39 bits per heavy atom. The lowest BCUT2D eigenvalue weighted by atomic mass is 9.61. The van der Waals surface area contributed by atoms with Crippen molar-refractivity contribution in [2.24, 2.45) is 11.1 Å². The number of hydrogen-bond acceptors (Lipinski definition) is 2. The van der Waals surface area contributed by atoms with E-state index in [9.17, 15) is 5.11 Å². The third-order valence-corrected chi connectivity index (χ3v) is 5.02. The largest absolute Gasteiger partial charge is 0.389 e. The van der Waals surface area contributed by atoms with Gasteiger partial charge in [0, 0.05) is 12.0 Å². The first kappa shape index (κ1) is 16.0. The lowest BCUT2D eigenvalue weighted by Gasteiger charge is -2.48. The van der Waals surface area contributed by atoms with Gasteiger partial charge >= 0.3 is 0 Å². The van der Waals surface area contributed by atoms with Crippen LogP contribution in [0.1, 0.15) is 84.5 Å². The molecule has 1 aliphatic carbocycles. The van der Waals surface area contributed by atoms with Crippen LogP contribution in [-0.2, 0) is 0 Å². The van der Waals surface area contributed by atoms with Gasteiger partial charge in [0.2, 0.25) is 0 Å². The van der Waals surface area contributed by atoms with E-state index >= 15 is 0 Å². The standard InChI is InChI=1S/C16H33NO/c1-3-10-16(18,11-4-2)15(14-17)12-8-6-5-7-9-13-15/h18H,3-14,17H2,1-2H3. The molecule has 0 unspecified atom stereocenters. The summed E-state index contributed by atoms with van der Waals surface area (Å²) in [6.45, 7) is 5.01. The number of nitrogens with two attached hydrogens (primary N) is 1. The lowest BCUT2D eigenvalue weighted by molar-refractivity contribution is -0.106. The first-order valence-corrected chi connectivity index (χ1v) is 8.06. The van der Waals surface area contributed by atoms with E-state index in [1.165, 1.54) is 32.1 Å². The minimum Gasteiger partial charge on any atom is -0.389 e. The summed E-state index contributed by atoms with van der Waals surface area (Å²) >= 11 is 0. The summed E-state index contributed by atoms with van der Waals surface area (Å²) in [5, 5.41) is 11.2. The van der Waals surface area contributed by atoms with E-state index in [0.29, 0.717) is 6.54 Å². The third kappa shape index (κ3) is 3.48. The third-order valence-electron chi connectivity index (χ3n) is 5.02. The van der Waals surface area contributed by atoms with Crippen molar-refractivity contribution in [2.45, 2.75) is 90.1 Å².